The molecule has 0 amide bonds. The zero-order chi connectivity index (χ0) is 10.3. The average molecular weight is 175 g/mol. The van der Waals surface area contributed by atoms with Gasteiger partial charge in [0.1, 0.15) is 6.23 Å². The molecule has 0 rings (SSSR count). The number of aliphatic hydroxyl groups excluding tert-OH is 1. The van der Waals surface area contributed by atoms with Gasteiger partial charge in [0.15, 0.2) is 0 Å². The van der Waals surface area contributed by atoms with Crippen LogP contribution in [-0.4, -0.2) is 41.4 Å². The molecule has 4 heteroatoms. The Morgan fingerprint density at radius 2 is 1.67 bits per heavy atom. The highest BCUT2D eigenvalue weighted by atomic mass is 16.4. The van der Waals surface area contributed by atoms with E-state index in [0.717, 1.165) is 0 Å². The number of nitrogens with zero attached hydrogens (tertiary/aromatic N) is 1. The Morgan fingerprint density at radius 3 is 1.67 bits per heavy atom. The van der Waals surface area contributed by atoms with Crippen molar-refractivity contribution in [2.24, 2.45) is 0 Å². The third-order valence-corrected chi connectivity index (χ3v) is 1.11. The number of carboxylic acid groups (broad SMARTS) is 1. The molecular formula is C8H17NO3. The summed E-state index contributed by atoms with van der Waals surface area (Å²) in [5.41, 5.74) is 0.176. The molecule has 0 spiro atoms. The maximum absolute atomic E-state index is 9.60. The second-order valence-corrected chi connectivity index (χ2v) is 2.68. The van der Waals surface area contributed by atoms with E-state index in [1.807, 2.05) is 14.1 Å². The summed E-state index contributed by atoms with van der Waals surface area (Å²) in [7, 11) is 3.65. The molecule has 0 fully saturated rings. The van der Waals surface area contributed by atoms with Crippen molar-refractivity contribution in [2.75, 3.05) is 14.1 Å². The molecule has 72 valence electrons. The highest BCUT2D eigenvalue weighted by Gasteiger charge is 1.92. The topological polar surface area (TPSA) is 60.8 Å². The molecule has 0 radical (unpaired) electrons. The van der Waals surface area contributed by atoms with Crippen LogP contribution in [0.5, 0.6) is 0 Å². The van der Waals surface area contributed by atoms with Gasteiger partial charge in [-0.15, -0.1) is 0 Å². The van der Waals surface area contributed by atoms with E-state index >= 15 is 0 Å². The fraction of sp³-hybridized carbons (Fsp3) is 0.625. The first kappa shape index (κ1) is 13.7. The van der Waals surface area contributed by atoms with Crippen LogP contribution in [0.4, 0.5) is 0 Å². The first-order chi connectivity index (χ1) is 5.29. The first-order valence-electron chi connectivity index (χ1n) is 3.52. The van der Waals surface area contributed by atoms with Gasteiger partial charge in [-0.3, -0.25) is 4.90 Å². The minimum atomic E-state index is -0.935. The van der Waals surface area contributed by atoms with Crippen LogP contribution in [0.2, 0.25) is 0 Å². The van der Waals surface area contributed by atoms with Crippen LogP contribution >= 0.6 is 0 Å². The molecule has 0 aromatic heterocycles. The van der Waals surface area contributed by atoms with Crippen LogP contribution in [0.15, 0.2) is 12.2 Å². The van der Waals surface area contributed by atoms with Gasteiger partial charge in [0.2, 0.25) is 0 Å². The summed E-state index contributed by atoms with van der Waals surface area (Å²) in [5, 5.41) is 16.4. The Kier molecular flexibility index (Phi) is 7.78. The maximum atomic E-state index is 9.60. The van der Waals surface area contributed by atoms with Gasteiger partial charge in [-0.2, -0.15) is 0 Å². The molecular weight excluding hydrogens is 158 g/mol. The third kappa shape index (κ3) is 11.9. The second kappa shape index (κ2) is 6.82. The molecule has 1 atom stereocenters. The van der Waals surface area contributed by atoms with Crippen LogP contribution in [0, 0.1) is 0 Å². The lowest BCUT2D eigenvalue weighted by atomic mass is 10.4. The fourth-order valence-electron chi connectivity index (χ4n) is 0. The number of hydrogen-bond donors (Lipinski definition) is 2. The summed E-state index contributed by atoms with van der Waals surface area (Å²) in [6.45, 7) is 6.32. The second-order valence-electron chi connectivity index (χ2n) is 2.68. The van der Waals surface area contributed by atoms with Crippen molar-refractivity contribution < 1.29 is 15.0 Å². The van der Waals surface area contributed by atoms with Crippen molar-refractivity contribution in [3.8, 4) is 0 Å². The van der Waals surface area contributed by atoms with E-state index < -0.39 is 5.97 Å². The first-order valence-corrected chi connectivity index (χ1v) is 3.52. The van der Waals surface area contributed by atoms with E-state index in [9.17, 15) is 4.79 Å². The molecule has 1 unspecified atom stereocenters. The molecule has 0 bridgehead atoms. The monoisotopic (exact) mass is 175 g/mol. The van der Waals surface area contributed by atoms with Crippen LogP contribution in [-0.2, 0) is 4.79 Å². The molecule has 0 aliphatic carbocycles. The lowest BCUT2D eigenvalue weighted by Crippen LogP contribution is -2.23. The van der Waals surface area contributed by atoms with Crippen molar-refractivity contribution in [3.05, 3.63) is 12.2 Å². The predicted octanol–water partition coefficient (Wildman–Crippen LogP) is 0.533. The number of aliphatic carboxylic acids is 1. The number of rotatable bonds is 2. The van der Waals surface area contributed by atoms with Gasteiger partial charge in [0, 0.05) is 5.57 Å². The van der Waals surface area contributed by atoms with Gasteiger partial charge in [-0.05, 0) is 27.9 Å². The molecule has 0 heterocycles. The number of aliphatic hydroxyl groups is 1. The van der Waals surface area contributed by atoms with Gasteiger partial charge in [-0.25, -0.2) is 4.79 Å². The molecule has 4 nitrogen and oxygen atoms in total. The SMILES string of the molecule is C=C(C)C(=O)O.CC(O)N(C)C. The Labute approximate surface area is 73.1 Å². The molecule has 0 saturated carbocycles. The van der Waals surface area contributed by atoms with Crippen molar-refractivity contribution in [1.29, 1.82) is 0 Å². The van der Waals surface area contributed by atoms with E-state index in [2.05, 4.69) is 6.58 Å². The van der Waals surface area contributed by atoms with Crippen LogP contribution in [0.3, 0.4) is 0 Å². The van der Waals surface area contributed by atoms with Crippen molar-refractivity contribution in [2.45, 2.75) is 20.1 Å². The molecule has 0 aromatic rings. The summed E-state index contributed by atoms with van der Waals surface area (Å²) in [5.74, 6) is -0.935. The van der Waals surface area contributed by atoms with Crippen LogP contribution in [0.25, 0.3) is 0 Å². The van der Waals surface area contributed by atoms with Gasteiger partial charge in [-0.1, -0.05) is 6.58 Å². The van der Waals surface area contributed by atoms with E-state index in [0.29, 0.717) is 0 Å². The largest absolute Gasteiger partial charge is 0.478 e. The number of carboxylic acids is 1. The van der Waals surface area contributed by atoms with Crippen LogP contribution in [0.1, 0.15) is 13.8 Å². The maximum Gasteiger partial charge on any atom is 0.330 e. The van der Waals surface area contributed by atoms with Gasteiger partial charge in [0.25, 0.3) is 0 Å². The van der Waals surface area contributed by atoms with Gasteiger partial charge >= 0.3 is 5.97 Å². The molecule has 0 aliphatic rings. The van der Waals surface area contributed by atoms with Crippen molar-refractivity contribution in [1.82, 2.24) is 4.90 Å². The quantitative estimate of drug-likeness (QED) is 0.475. The molecule has 12 heavy (non-hydrogen) atoms. The summed E-state index contributed by atoms with van der Waals surface area (Å²) in [6.07, 6.45) is -0.315. The Bertz CT molecular complexity index is 134. The lowest BCUT2D eigenvalue weighted by Gasteiger charge is -2.11. The van der Waals surface area contributed by atoms with E-state index in [1.54, 1.807) is 11.8 Å². The normalized spacial score (nSPS) is 11.5. The van der Waals surface area contributed by atoms with E-state index in [-0.39, 0.29) is 11.8 Å². The highest BCUT2D eigenvalue weighted by Crippen LogP contribution is 1.81. The number of hydrogen-bond acceptors (Lipinski definition) is 3. The zero-order valence-electron chi connectivity index (χ0n) is 8.03. The minimum Gasteiger partial charge on any atom is -0.478 e. The van der Waals surface area contributed by atoms with Crippen LogP contribution < -0.4 is 0 Å². The molecule has 2 N–H and O–H groups in total. The predicted molar refractivity (Wildman–Crippen MR) is 47.8 cm³/mol. The summed E-state index contributed by atoms with van der Waals surface area (Å²) in [4.78, 5) is 11.3. The standard InChI is InChI=1S/C4H11NO.C4H6O2/c1-4(6)5(2)3;1-3(2)4(5)6/h4,6H,1-3H3;1H2,2H3,(H,5,6). The summed E-state index contributed by atoms with van der Waals surface area (Å²) >= 11 is 0. The van der Waals surface area contributed by atoms with Crippen molar-refractivity contribution >= 4 is 5.97 Å². The highest BCUT2D eigenvalue weighted by molar-refractivity contribution is 5.84. The number of carbonyl (C=O) groups is 1. The zero-order valence-corrected chi connectivity index (χ0v) is 8.03. The summed E-state index contributed by atoms with van der Waals surface area (Å²) in [6, 6.07) is 0. The van der Waals surface area contributed by atoms with Gasteiger partial charge in [0.05, 0.1) is 0 Å². The van der Waals surface area contributed by atoms with E-state index in [4.69, 9.17) is 10.2 Å². The Balaban J connectivity index is 0. The Hall–Kier alpha value is -0.870. The van der Waals surface area contributed by atoms with E-state index in [1.165, 1.54) is 6.92 Å². The third-order valence-electron chi connectivity index (χ3n) is 1.11. The lowest BCUT2D eigenvalue weighted by molar-refractivity contribution is -0.132. The minimum absolute atomic E-state index is 0.176. The smallest absolute Gasteiger partial charge is 0.330 e. The molecule has 0 saturated heterocycles. The van der Waals surface area contributed by atoms with Gasteiger partial charge < -0.3 is 10.2 Å². The molecule has 0 aromatic carbocycles. The Morgan fingerprint density at radius 1 is 1.50 bits per heavy atom. The average Bonchev–Trinajstić information content (AvgIpc) is 1.88. The summed E-state index contributed by atoms with van der Waals surface area (Å²) < 4.78 is 0. The van der Waals surface area contributed by atoms with Crippen molar-refractivity contribution in [3.63, 3.8) is 0 Å². The molecule has 0 aliphatic heterocycles. The fourth-order valence-corrected chi connectivity index (χ4v) is 0.